The van der Waals surface area contributed by atoms with E-state index in [1.54, 1.807) is 0 Å². The lowest BCUT2D eigenvalue weighted by molar-refractivity contribution is 0.0678. The van der Waals surface area contributed by atoms with E-state index in [0.29, 0.717) is 37.8 Å². The van der Waals surface area contributed by atoms with Gasteiger partial charge in [0.15, 0.2) is 0 Å². The second-order valence-corrected chi connectivity index (χ2v) is 12.8. The molecule has 0 aliphatic heterocycles. The number of ether oxygens (including phenoxy) is 4. The summed E-state index contributed by atoms with van der Waals surface area (Å²) in [6.45, 7) is 8.54. The number of amides is 2. The molecule has 9 heteroatoms. The molecule has 0 unspecified atom stereocenters. The highest BCUT2D eigenvalue weighted by Gasteiger charge is 2.06. The van der Waals surface area contributed by atoms with Crippen LogP contribution in [0.3, 0.4) is 0 Å². The molecule has 0 bridgehead atoms. The van der Waals surface area contributed by atoms with Gasteiger partial charge >= 0.3 is 12.2 Å². The molecule has 0 aliphatic rings. The summed E-state index contributed by atoms with van der Waals surface area (Å²) in [5.74, 6) is 0. The molecule has 276 valence electrons. The lowest BCUT2D eigenvalue weighted by atomic mass is 10.0. The molecule has 2 N–H and O–H groups in total. The van der Waals surface area contributed by atoms with Gasteiger partial charge in [0, 0.05) is 24.5 Å². The number of hydrogen-bond acceptors (Lipinski definition) is 7. The van der Waals surface area contributed by atoms with Crippen LogP contribution in [-0.2, 0) is 25.4 Å². The van der Waals surface area contributed by atoms with Gasteiger partial charge in [-0.3, -0.25) is 10.6 Å². The molecular weight excluding hydrogens is 618 g/mol. The number of anilines is 2. The van der Waals surface area contributed by atoms with Crippen molar-refractivity contribution in [2.75, 3.05) is 70.4 Å². The van der Waals surface area contributed by atoms with Crippen molar-refractivity contribution in [3.63, 3.8) is 0 Å². The molecule has 9 nitrogen and oxygen atoms in total. The van der Waals surface area contributed by atoms with Crippen molar-refractivity contribution in [3.8, 4) is 0 Å². The fourth-order valence-corrected chi connectivity index (χ4v) is 5.50. The zero-order chi connectivity index (χ0) is 35.2. The highest BCUT2D eigenvalue weighted by molar-refractivity contribution is 5.85. The van der Waals surface area contributed by atoms with E-state index in [1.165, 1.54) is 89.9 Å². The third-order valence-electron chi connectivity index (χ3n) is 8.45. The third-order valence-corrected chi connectivity index (χ3v) is 8.45. The van der Waals surface area contributed by atoms with Gasteiger partial charge in [-0.2, -0.15) is 0 Å². The standard InChI is InChI=1S/C40H65N3O6/c1-4-6-7-8-9-10-11-12-13-14-15-16-17-18-27-43(3)28-29-47-31-33-49-40(45)42-38-25-21-36(22-26-38)34-35-19-23-37(24-20-35)41-39(44)48-32-30-46-5-2/h19-26H,4-18,27-34H2,1-3H3,(H,41,44)(H,42,45). The maximum atomic E-state index is 12.2. The molecule has 0 saturated carbocycles. The van der Waals surface area contributed by atoms with Gasteiger partial charge in [-0.15, -0.1) is 0 Å². The highest BCUT2D eigenvalue weighted by atomic mass is 16.6. The van der Waals surface area contributed by atoms with E-state index < -0.39 is 12.2 Å². The monoisotopic (exact) mass is 683 g/mol. The molecule has 2 aromatic carbocycles. The number of hydrogen-bond donors (Lipinski definition) is 2. The van der Waals surface area contributed by atoms with Crippen molar-refractivity contribution >= 4 is 23.6 Å². The van der Waals surface area contributed by atoms with Crippen LogP contribution in [0.1, 0.15) is 115 Å². The predicted molar refractivity (Wildman–Crippen MR) is 201 cm³/mol. The van der Waals surface area contributed by atoms with Gasteiger partial charge in [-0.1, -0.05) is 115 Å². The van der Waals surface area contributed by atoms with Crippen LogP contribution in [0.4, 0.5) is 21.0 Å². The molecule has 0 spiro atoms. The van der Waals surface area contributed by atoms with Gasteiger partial charge in [-0.05, 0) is 68.8 Å². The van der Waals surface area contributed by atoms with Crippen LogP contribution in [0, 0.1) is 0 Å². The van der Waals surface area contributed by atoms with Crippen molar-refractivity contribution in [2.45, 2.75) is 110 Å². The van der Waals surface area contributed by atoms with E-state index >= 15 is 0 Å². The van der Waals surface area contributed by atoms with Gasteiger partial charge in [0.1, 0.15) is 13.2 Å². The molecule has 2 aromatic rings. The van der Waals surface area contributed by atoms with Gasteiger partial charge in [0.25, 0.3) is 0 Å². The van der Waals surface area contributed by atoms with E-state index in [4.69, 9.17) is 18.9 Å². The van der Waals surface area contributed by atoms with Crippen LogP contribution in [0.25, 0.3) is 0 Å². The number of unbranched alkanes of at least 4 members (excludes halogenated alkanes) is 13. The Hall–Kier alpha value is -3.14. The maximum absolute atomic E-state index is 12.2. The van der Waals surface area contributed by atoms with Crippen molar-refractivity contribution < 1.29 is 28.5 Å². The smallest absolute Gasteiger partial charge is 0.411 e. The van der Waals surface area contributed by atoms with Gasteiger partial charge < -0.3 is 23.8 Å². The molecule has 0 fully saturated rings. The molecule has 2 rings (SSSR count). The Labute approximate surface area is 296 Å². The number of nitrogens with zero attached hydrogens (tertiary/aromatic N) is 1. The predicted octanol–water partition coefficient (Wildman–Crippen LogP) is 9.84. The lowest BCUT2D eigenvalue weighted by Crippen LogP contribution is -2.25. The lowest BCUT2D eigenvalue weighted by Gasteiger charge is -2.16. The summed E-state index contributed by atoms with van der Waals surface area (Å²) >= 11 is 0. The van der Waals surface area contributed by atoms with Crippen LogP contribution in [0.15, 0.2) is 48.5 Å². The SMILES string of the molecule is CCCCCCCCCCCCCCCCN(C)CCOCCOC(=O)Nc1ccc(Cc2ccc(NC(=O)OCCOCC)cc2)cc1. The fourth-order valence-electron chi connectivity index (χ4n) is 5.50. The largest absolute Gasteiger partial charge is 0.447 e. The average molecular weight is 684 g/mol. The first-order valence-electron chi connectivity index (χ1n) is 18.9. The first-order chi connectivity index (χ1) is 24.0. The first kappa shape index (κ1) is 42.0. The van der Waals surface area contributed by atoms with E-state index in [0.717, 1.165) is 30.6 Å². The quantitative estimate of drug-likeness (QED) is 0.0824. The Kier molecular flexibility index (Phi) is 24.6. The topological polar surface area (TPSA) is 98.4 Å². The van der Waals surface area contributed by atoms with E-state index in [-0.39, 0.29) is 13.2 Å². The Morgan fingerprint density at radius 2 is 0.959 bits per heavy atom. The minimum atomic E-state index is -0.504. The van der Waals surface area contributed by atoms with E-state index in [1.807, 2.05) is 55.5 Å². The minimum absolute atomic E-state index is 0.211. The summed E-state index contributed by atoms with van der Waals surface area (Å²) in [5.41, 5.74) is 3.52. The third kappa shape index (κ3) is 23.0. The molecule has 49 heavy (non-hydrogen) atoms. The molecule has 0 atom stereocenters. The second kappa shape index (κ2) is 28.7. The summed E-state index contributed by atoms with van der Waals surface area (Å²) in [4.78, 5) is 26.4. The Balaban J connectivity index is 1.44. The second-order valence-electron chi connectivity index (χ2n) is 12.8. The van der Waals surface area contributed by atoms with Crippen LogP contribution in [0.5, 0.6) is 0 Å². The Morgan fingerprint density at radius 1 is 0.531 bits per heavy atom. The maximum Gasteiger partial charge on any atom is 0.411 e. The molecule has 0 radical (unpaired) electrons. The van der Waals surface area contributed by atoms with E-state index in [2.05, 4.69) is 29.5 Å². The normalized spacial score (nSPS) is 11.1. The number of likely N-dealkylation sites (N-methyl/N-ethyl adjacent to an activating group) is 1. The molecule has 2 amide bonds. The van der Waals surface area contributed by atoms with Crippen LogP contribution in [0.2, 0.25) is 0 Å². The van der Waals surface area contributed by atoms with Crippen LogP contribution >= 0.6 is 0 Å². The number of carbonyl (C=O) groups is 2. The number of rotatable bonds is 29. The Bertz CT molecular complexity index is 1100. The average Bonchev–Trinajstić information content (AvgIpc) is 3.10. The van der Waals surface area contributed by atoms with Gasteiger partial charge in [-0.25, -0.2) is 9.59 Å². The number of benzene rings is 2. The fraction of sp³-hybridized carbons (Fsp3) is 0.650. The molecule has 0 aliphatic carbocycles. The molecule has 0 saturated heterocycles. The summed E-state index contributed by atoms with van der Waals surface area (Å²) < 4.78 is 21.2. The molecule has 0 heterocycles. The first-order valence-corrected chi connectivity index (χ1v) is 18.9. The van der Waals surface area contributed by atoms with E-state index in [9.17, 15) is 9.59 Å². The van der Waals surface area contributed by atoms with Crippen molar-refractivity contribution in [1.29, 1.82) is 0 Å². The summed E-state index contributed by atoms with van der Waals surface area (Å²) in [5, 5.41) is 5.47. The van der Waals surface area contributed by atoms with Crippen molar-refractivity contribution in [1.82, 2.24) is 4.90 Å². The van der Waals surface area contributed by atoms with Gasteiger partial charge in [0.05, 0.1) is 19.8 Å². The summed E-state index contributed by atoms with van der Waals surface area (Å²) in [6, 6.07) is 15.3. The highest BCUT2D eigenvalue weighted by Crippen LogP contribution is 2.17. The van der Waals surface area contributed by atoms with Gasteiger partial charge in [0.2, 0.25) is 0 Å². The van der Waals surface area contributed by atoms with Crippen molar-refractivity contribution in [3.05, 3.63) is 59.7 Å². The van der Waals surface area contributed by atoms with Crippen LogP contribution < -0.4 is 10.6 Å². The summed E-state index contributed by atoms with van der Waals surface area (Å²) in [7, 11) is 2.14. The Morgan fingerprint density at radius 3 is 1.41 bits per heavy atom. The molecular formula is C40H65N3O6. The van der Waals surface area contributed by atoms with Crippen molar-refractivity contribution in [2.24, 2.45) is 0 Å². The summed E-state index contributed by atoms with van der Waals surface area (Å²) in [6.07, 6.45) is 19.0. The number of carbonyl (C=O) groups excluding carboxylic acids is 2. The zero-order valence-corrected chi connectivity index (χ0v) is 30.8. The van der Waals surface area contributed by atoms with Crippen LogP contribution in [-0.4, -0.2) is 76.9 Å². The zero-order valence-electron chi connectivity index (χ0n) is 30.8. The molecule has 0 aromatic heterocycles. The number of nitrogens with one attached hydrogen (secondary N) is 2. The minimum Gasteiger partial charge on any atom is -0.447 e.